The monoisotopic (exact) mass is 214 g/mol. The number of aliphatic hydroxyl groups is 1. The first-order valence-corrected chi connectivity index (χ1v) is 5.36. The summed E-state index contributed by atoms with van der Waals surface area (Å²) in [5, 5.41) is 9.13. The van der Waals surface area contributed by atoms with Crippen LogP contribution in [0.1, 0.15) is 38.9 Å². The zero-order valence-corrected chi connectivity index (χ0v) is 9.77. The van der Waals surface area contributed by atoms with E-state index in [1.54, 1.807) is 6.20 Å². The number of aromatic nitrogens is 2. The topological polar surface area (TPSA) is 41.0 Å². The van der Waals surface area contributed by atoms with Gasteiger partial charge in [-0.3, -0.25) is 0 Å². The van der Waals surface area contributed by atoms with Gasteiger partial charge >= 0.3 is 0 Å². The van der Waals surface area contributed by atoms with Gasteiger partial charge in [-0.2, -0.15) is 0 Å². The number of nitrogens with zero attached hydrogens (tertiary/aromatic N) is 1. The molecule has 0 aliphatic heterocycles. The molecule has 4 heteroatoms. The van der Waals surface area contributed by atoms with Crippen LogP contribution in [0.3, 0.4) is 0 Å². The predicted molar refractivity (Wildman–Crippen MR) is 59.7 cm³/mol. The van der Waals surface area contributed by atoms with Gasteiger partial charge in [0.2, 0.25) is 0 Å². The van der Waals surface area contributed by atoms with Gasteiger partial charge < -0.3 is 14.7 Å². The minimum atomic E-state index is 0.0373. The number of hydrogen-bond acceptors (Lipinski definition) is 2. The Morgan fingerprint density at radius 2 is 2.14 bits per heavy atom. The molecule has 0 aliphatic carbocycles. The lowest BCUT2D eigenvalue weighted by Gasteiger charge is -2.17. The molecule has 1 atom stereocenters. The minimum Gasteiger partial charge on any atom is -0.390 e. The van der Waals surface area contributed by atoms with Crippen LogP contribution in [-0.4, -0.2) is 14.7 Å². The third-order valence-electron chi connectivity index (χ3n) is 2.31. The Hall–Kier alpha value is -0.610. The molecule has 0 fully saturated rings. The van der Waals surface area contributed by atoms with Gasteiger partial charge in [-0.15, -0.1) is 0 Å². The molecule has 2 N–H and O–H groups in total. The van der Waals surface area contributed by atoms with Crippen LogP contribution in [0, 0.1) is 10.7 Å². The number of rotatable bonds is 4. The fraction of sp³-hybridized carbons (Fsp3) is 0.700. The standard InChI is InChI=1S/C10H18N2OS/c1-7(2)4-8(3)12-9(6-13)5-11-10(12)14/h5,7-8,13H,4,6H2,1-3H3,(H,11,14). The number of aliphatic hydroxyl groups excluding tert-OH is 1. The largest absolute Gasteiger partial charge is 0.390 e. The highest BCUT2D eigenvalue weighted by atomic mass is 32.1. The molecular formula is C10H18N2OS. The third kappa shape index (κ3) is 2.45. The van der Waals surface area contributed by atoms with Crippen molar-refractivity contribution in [3.63, 3.8) is 0 Å². The maximum atomic E-state index is 9.13. The molecule has 0 saturated heterocycles. The highest BCUT2D eigenvalue weighted by molar-refractivity contribution is 7.71. The maximum absolute atomic E-state index is 9.13. The molecular weight excluding hydrogens is 196 g/mol. The summed E-state index contributed by atoms with van der Waals surface area (Å²) in [6.45, 7) is 6.54. The summed E-state index contributed by atoms with van der Waals surface area (Å²) in [6.07, 6.45) is 2.85. The Morgan fingerprint density at radius 1 is 1.50 bits per heavy atom. The second kappa shape index (κ2) is 4.75. The van der Waals surface area contributed by atoms with Crippen molar-refractivity contribution < 1.29 is 5.11 Å². The van der Waals surface area contributed by atoms with Gasteiger partial charge in [0.1, 0.15) is 0 Å². The molecule has 0 aromatic carbocycles. The summed E-state index contributed by atoms with van der Waals surface area (Å²) in [6, 6.07) is 0.343. The fourth-order valence-corrected chi connectivity index (χ4v) is 2.16. The summed E-state index contributed by atoms with van der Waals surface area (Å²) in [4.78, 5) is 2.96. The van der Waals surface area contributed by atoms with Gasteiger partial charge in [-0.05, 0) is 31.5 Å². The Kier molecular flexibility index (Phi) is 3.89. The molecule has 0 saturated carbocycles. The zero-order valence-electron chi connectivity index (χ0n) is 8.95. The van der Waals surface area contributed by atoms with E-state index in [9.17, 15) is 0 Å². The summed E-state index contributed by atoms with van der Waals surface area (Å²) < 4.78 is 2.69. The molecule has 3 nitrogen and oxygen atoms in total. The number of imidazole rings is 1. The van der Waals surface area contributed by atoms with Crippen LogP contribution in [0.5, 0.6) is 0 Å². The molecule has 0 amide bonds. The second-order valence-corrected chi connectivity index (χ2v) is 4.48. The van der Waals surface area contributed by atoms with Crippen LogP contribution in [0.2, 0.25) is 0 Å². The lowest BCUT2D eigenvalue weighted by Crippen LogP contribution is -2.11. The van der Waals surface area contributed by atoms with Crippen LogP contribution >= 0.6 is 12.2 Å². The molecule has 80 valence electrons. The van der Waals surface area contributed by atoms with Gasteiger partial charge in [0, 0.05) is 12.2 Å². The highest BCUT2D eigenvalue weighted by Crippen LogP contribution is 2.19. The van der Waals surface area contributed by atoms with E-state index in [1.807, 2.05) is 4.57 Å². The molecule has 14 heavy (non-hydrogen) atoms. The van der Waals surface area contributed by atoms with E-state index in [0.717, 1.165) is 12.1 Å². The predicted octanol–water partition coefficient (Wildman–Crippen LogP) is 2.65. The molecule has 0 aliphatic rings. The van der Waals surface area contributed by atoms with Crippen molar-refractivity contribution in [2.24, 2.45) is 5.92 Å². The molecule has 1 aromatic rings. The van der Waals surface area contributed by atoms with Crippen molar-refractivity contribution in [1.82, 2.24) is 9.55 Å². The summed E-state index contributed by atoms with van der Waals surface area (Å²) >= 11 is 5.16. The van der Waals surface area contributed by atoms with Crippen molar-refractivity contribution in [2.75, 3.05) is 0 Å². The summed E-state index contributed by atoms with van der Waals surface area (Å²) in [5.74, 6) is 0.633. The quantitative estimate of drug-likeness (QED) is 0.756. The van der Waals surface area contributed by atoms with Crippen LogP contribution in [-0.2, 0) is 6.61 Å². The maximum Gasteiger partial charge on any atom is 0.177 e. The van der Waals surface area contributed by atoms with E-state index in [4.69, 9.17) is 17.3 Å². The van der Waals surface area contributed by atoms with E-state index in [2.05, 4.69) is 25.8 Å². The fourth-order valence-electron chi connectivity index (χ4n) is 1.81. The molecule has 0 spiro atoms. The Balaban J connectivity index is 2.92. The van der Waals surface area contributed by atoms with Crippen LogP contribution < -0.4 is 0 Å². The Labute approximate surface area is 89.8 Å². The van der Waals surface area contributed by atoms with E-state index in [0.29, 0.717) is 16.7 Å². The van der Waals surface area contributed by atoms with Gasteiger partial charge in [-0.1, -0.05) is 13.8 Å². The van der Waals surface area contributed by atoms with Crippen molar-refractivity contribution >= 4 is 12.2 Å². The number of hydrogen-bond donors (Lipinski definition) is 2. The van der Waals surface area contributed by atoms with E-state index in [-0.39, 0.29) is 6.61 Å². The van der Waals surface area contributed by atoms with Gasteiger partial charge in [-0.25, -0.2) is 0 Å². The highest BCUT2D eigenvalue weighted by Gasteiger charge is 2.11. The van der Waals surface area contributed by atoms with Crippen LogP contribution in [0.25, 0.3) is 0 Å². The van der Waals surface area contributed by atoms with Crippen molar-refractivity contribution in [3.05, 3.63) is 16.7 Å². The van der Waals surface area contributed by atoms with Crippen molar-refractivity contribution in [1.29, 1.82) is 0 Å². The SMILES string of the molecule is CC(C)CC(C)n1c(CO)c[nH]c1=S. The molecule has 1 rings (SSSR count). The number of H-pyrrole nitrogens is 1. The van der Waals surface area contributed by atoms with Gasteiger partial charge in [0.25, 0.3) is 0 Å². The molecule has 1 heterocycles. The number of aromatic amines is 1. The molecule has 0 radical (unpaired) electrons. The average Bonchev–Trinajstić information content (AvgIpc) is 2.45. The number of nitrogens with one attached hydrogen (secondary N) is 1. The first kappa shape index (κ1) is 11.5. The summed E-state index contributed by atoms with van der Waals surface area (Å²) in [5.41, 5.74) is 0.864. The first-order chi connectivity index (χ1) is 6.56. The Bertz CT molecular complexity index is 340. The zero-order chi connectivity index (χ0) is 10.7. The first-order valence-electron chi connectivity index (χ1n) is 4.96. The minimum absolute atomic E-state index is 0.0373. The Morgan fingerprint density at radius 3 is 2.64 bits per heavy atom. The van der Waals surface area contributed by atoms with Crippen LogP contribution in [0.15, 0.2) is 6.20 Å². The molecule has 0 bridgehead atoms. The lowest BCUT2D eigenvalue weighted by atomic mass is 10.1. The van der Waals surface area contributed by atoms with Gasteiger partial charge in [0.05, 0.1) is 12.3 Å². The van der Waals surface area contributed by atoms with E-state index < -0.39 is 0 Å². The summed E-state index contributed by atoms with van der Waals surface area (Å²) in [7, 11) is 0. The van der Waals surface area contributed by atoms with Crippen molar-refractivity contribution in [3.8, 4) is 0 Å². The van der Waals surface area contributed by atoms with Crippen molar-refractivity contribution in [2.45, 2.75) is 39.8 Å². The smallest absolute Gasteiger partial charge is 0.177 e. The molecule has 1 unspecified atom stereocenters. The second-order valence-electron chi connectivity index (χ2n) is 4.09. The van der Waals surface area contributed by atoms with E-state index >= 15 is 0 Å². The van der Waals surface area contributed by atoms with E-state index in [1.165, 1.54) is 0 Å². The third-order valence-corrected chi connectivity index (χ3v) is 2.62. The average molecular weight is 214 g/mol. The van der Waals surface area contributed by atoms with Gasteiger partial charge in [0.15, 0.2) is 4.77 Å². The lowest BCUT2D eigenvalue weighted by molar-refractivity contribution is 0.263. The molecule has 1 aromatic heterocycles. The normalized spacial score (nSPS) is 13.5. The van der Waals surface area contributed by atoms with Crippen LogP contribution in [0.4, 0.5) is 0 Å².